The number of ether oxygens (including phenoxy) is 17. The largest absolute Gasteiger partial charge is 2.00 e. The molecule has 1 unspecified atom stereocenters. The first kappa shape index (κ1) is 152. The van der Waals surface area contributed by atoms with Crippen LogP contribution in [0.1, 0.15) is 189 Å². The average Bonchev–Trinajstić information content (AvgIpc) is 1.62. The molecule has 2 saturated heterocycles. The molecule has 0 radical (unpaired) electrons. The molecule has 2 heterocycles. The SMILES string of the molecule is C.C#Cc1ccc(C(=O)OC)cc1.CC(=O)Cl.CC(=O)OC/C=C/C1O[C@@H](C(=O)OC(C)C)[C@H](C(=O)OC(C)C)O1.CC(=O)OC/C=C/C=O.CC(=O)OC/C=C/CO.CC(=O)OC[C@@H]1CC1C1O[C@@H](C(=O)OC(C)C)[C@H](C(=O)OC(C)C)O1.CC(=O)OC[C@@H]1C[C@H]1C=O.CCOC(/C=C/COC(C)=O)OCC.CC[C@@H]1C[C@H]1C=C(Br)Br.ICI.OC/C=C/CO.[CH2-]C.[CH2-]C.[H-].[Na+].[O]=[Mn]=[O].[Zn+2]. The first-order valence-electron chi connectivity index (χ1n) is 41.1. The maximum absolute atomic E-state index is 12.2. The van der Waals surface area contributed by atoms with Gasteiger partial charge in [0.25, 0.3) is 0 Å². The molecule has 0 amide bonds. The summed E-state index contributed by atoms with van der Waals surface area (Å²) in [4.78, 5) is 151. The van der Waals surface area contributed by atoms with Crippen molar-refractivity contribution in [2.24, 2.45) is 35.5 Å². The van der Waals surface area contributed by atoms with E-state index in [0.717, 1.165) is 39.9 Å². The van der Waals surface area contributed by atoms with Crippen molar-refractivity contribution in [1.82, 2.24) is 0 Å². The molecule has 135 heavy (non-hydrogen) atoms. The maximum atomic E-state index is 12.2. The molecule has 36 nitrogen and oxygen atoms in total. The third-order valence-electron chi connectivity index (χ3n) is 14.4. The predicted molar refractivity (Wildman–Crippen MR) is 515 cm³/mol. The van der Waals surface area contributed by atoms with Gasteiger partial charge in [0.1, 0.15) is 39.0 Å². The Morgan fingerprint density at radius 1 is 0.548 bits per heavy atom. The summed E-state index contributed by atoms with van der Waals surface area (Å²) < 4.78 is 105. The van der Waals surface area contributed by atoms with Gasteiger partial charge in [0.15, 0.2) is 43.3 Å². The summed E-state index contributed by atoms with van der Waals surface area (Å²) in [5.74, 6) is -0.252. The second-order valence-electron chi connectivity index (χ2n) is 26.7. The van der Waals surface area contributed by atoms with Gasteiger partial charge in [-0.25, -0.2) is 24.0 Å². The van der Waals surface area contributed by atoms with Crippen LogP contribution in [0.3, 0.4) is 0 Å². The Morgan fingerprint density at radius 2 is 0.881 bits per heavy atom. The van der Waals surface area contributed by atoms with Crippen LogP contribution >= 0.6 is 88.6 Å². The first-order valence-corrected chi connectivity index (χ1v) is 47.1. The number of methoxy groups -OCH3 is 1. The van der Waals surface area contributed by atoms with E-state index >= 15 is 0 Å². The van der Waals surface area contributed by atoms with Gasteiger partial charge in [-0.15, -0.1) is 6.42 Å². The quantitative estimate of drug-likeness (QED) is 0.00462. The van der Waals surface area contributed by atoms with Gasteiger partial charge in [-0.05, 0) is 211 Å². The average molecular weight is 2400 g/mol. The van der Waals surface area contributed by atoms with Crippen LogP contribution in [0.4, 0.5) is 0 Å². The van der Waals surface area contributed by atoms with Crippen LogP contribution < -0.4 is 29.6 Å². The molecule has 1 aromatic carbocycles. The summed E-state index contributed by atoms with van der Waals surface area (Å²) in [5.41, 5.74) is 1.26. The van der Waals surface area contributed by atoms with Crippen LogP contribution in [0, 0.1) is 61.7 Å². The maximum Gasteiger partial charge on any atom is 2.00 e. The Kier molecular flexibility index (Phi) is 116. The second-order valence-corrected chi connectivity index (χ2v) is 34.7. The Balaban J connectivity index is -0.000000128. The van der Waals surface area contributed by atoms with Crippen LogP contribution in [0.2, 0.25) is 0 Å². The summed E-state index contributed by atoms with van der Waals surface area (Å²) in [6.07, 6.45) is 20.3. The topological polar surface area (TPSA) is 491 Å². The minimum atomic E-state index is -1.44. The van der Waals surface area contributed by atoms with Gasteiger partial charge in [0.2, 0.25) is 5.24 Å². The zero-order valence-corrected chi connectivity index (χ0v) is 95.1. The van der Waals surface area contributed by atoms with Gasteiger partial charge in [0, 0.05) is 90.9 Å². The molecule has 10 atom stereocenters. The molecule has 0 aromatic heterocycles. The molecule has 6 rings (SSSR count). The van der Waals surface area contributed by atoms with Crippen molar-refractivity contribution >= 4 is 172 Å². The molecule has 3 saturated carbocycles. The van der Waals surface area contributed by atoms with Crippen molar-refractivity contribution in [1.29, 1.82) is 0 Å². The van der Waals surface area contributed by atoms with E-state index < -0.39 is 81.7 Å². The fraction of sp³-hybridized carbons (Fsp3) is 0.604. The zero-order chi connectivity index (χ0) is 103. The molecule has 2 aliphatic heterocycles. The first-order chi connectivity index (χ1) is 62.3. The number of rotatable bonds is 35. The summed E-state index contributed by atoms with van der Waals surface area (Å²) in [7, 11) is 1.34. The molecule has 3 aliphatic carbocycles. The number of aldehydes is 2. The Bertz CT molecular complexity index is 3550. The van der Waals surface area contributed by atoms with E-state index in [0.29, 0.717) is 37.6 Å². The number of terminal acetylenes is 1. The molecule has 5 fully saturated rings. The van der Waals surface area contributed by atoms with Crippen LogP contribution in [-0.4, -0.2) is 249 Å². The standard InChI is InChI=1S/C17H26O8.C16H24O8.C10H18O4.C10H8O2.C7H10Br2.C7H10O3.C6H10O3.C6H8O3.C4H8O2.C2H3ClO.2C2H5.CH2I2.CH4.Mn.Na.2O.Zn.H/c1-8(2)22-15(19)13-14(16(20)23-9(3)4)25-17(24-13)12-6-11(12)7-21-10(5)18;1-9(2)21-15(18)13-14(16(19)22-10(3)4)24-12(23-13)7-6-8-20-11(5)17;1-4-12-10(13-5-2)7-6-8-14-9(3)11;1-3-8-4-6-9(7-5-8)10(11)12-2;1-2-5-3-6(5)4-7(8)9;1-5(9)10-4-7-2-6(7)3-8;2*1-6(8)9-5-3-2-4-7;5-3-1-2-4-6;1-2(3)4;2*1-2;2-1-3;;;;;;;/h8-9,11-14,17H,6-7H2,1-5H3;6-7,9-10,12-14H,8H2,1-5H3;6-7,10H,4-5,8H2,1-3H3;1,4-7H,2H3;4-6H,2-3H2,1H3;3,6-7H,2,4H2,1H3;2-3,7H,4-5H2,1H3;2-4H,5H2,1H3;1-2,5-6H,3-4H2;1H3;2*1H2,2H3;1H2;1H4;;;;;;/q;;;;;;;;;;2*-1;;;;+1;;;+2;-1/b;2*7-6+;;;;2*3-2+;2-1+;;;;;;;;;;;/t11-,12?,13+,14+;13-,14-;;;5-,6+;6-,7-;;;;;;;;;;;;;;/m01..10............../s1. The number of halogens is 5. The molecular formula is C91H142Br2ClI2MnNaO36Zn. The Labute approximate surface area is 888 Å². The van der Waals surface area contributed by atoms with Crippen LogP contribution in [0.15, 0.2) is 94.5 Å². The van der Waals surface area contributed by atoms with E-state index in [9.17, 15) is 67.1 Å². The summed E-state index contributed by atoms with van der Waals surface area (Å²) >= 11 is 14.4. The van der Waals surface area contributed by atoms with Gasteiger partial charge >= 0.3 is 137 Å². The number of aliphatic hydroxyl groups excluding tert-OH is 3. The van der Waals surface area contributed by atoms with Crippen molar-refractivity contribution in [2.75, 3.05) is 82.2 Å². The molecule has 767 valence electrons. The fourth-order valence-corrected chi connectivity index (χ4v) is 9.50. The number of allylic oxidation sites excluding steroid dienone is 2. The van der Waals surface area contributed by atoms with Crippen molar-refractivity contribution in [2.45, 2.75) is 239 Å². The minimum absolute atomic E-state index is 0. The molecule has 44 heteroatoms. The molecule has 1 aromatic rings. The number of esters is 11. The number of hydrogen-bond donors (Lipinski definition) is 3. The smallest absolute Gasteiger partial charge is 2.00 e. The van der Waals surface area contributed by atoms with Crippen molar-refractivity contribution in [3.8, 4) is 12.3 Å². The minimum Gasteiger partial charge on any atom is 2.00 e. The van der Waals surface area contributed by atoms with Gasteiger partial charge < -0.3 is 116 Å². The summed E-state index contributed by atoms with van der Waals surface area (Å²) in [5, 5.41) is 23.8. The van der Waals surface area contributed by atoms with E-state index in [1.54, 1.807) is 112 Å². The molecule has 3 N–H and O–H groups in total. The normalized spacial score (nSPS) is 17.7. The number of alkyl halides is 2. The number of carbonyl (C=O) groups is 14. The van der Waals surface area contributed by atoms with Gasteiger partial charge in [-0.2, -0.15) is 13.8 Å². The molecular weight excluding hydrogens is 2260 g/mol. The number of hydrogen-bond acceptors (Lipinski definition) is 36. The van der Waals surface area contributed by atoms with Crippen LogP contribution in [0.25, 0.3) is 0 Å². The molecule has 5 aliphatic rings. The van der Waals surface area contributed by atoms with Crippen molar-refractivity contribution in [3.63, 3.8) is 0 Å². The monoisotopic (exact) mass is 2400 g/mol. The third-order valence-corrected chi connectivity index (χ3v) is 15.0. The summed E-state index contributed by atoms with van der Waals surface area (Å²) in [6.45, 7) is 41.5. The number of carbonyl (C=O) groups excluding carboxylic acids is 14. The molecule has 0 spiro atoms. The van der Waals surface area contributed by atoms with Gasteiger partial charge in [-0.3, -0.25) is 38.4 Å². The predicted octanol–water partition coefficient (Wildman–Crippen LogP) is 11.0. The second kappa shape index (κ2) is 103. The van der Waals surface area contributed by atoms with Crippen LogP contribution in [-0.2, 0) is 185 Å². The van der Waals surface area contributed by atoms with E-state index in [4.69, 9.17) is 95.7 Å². The van der Waals surface area contributed by atoms with Gasteiger partial charge in [0.05, 0.1) is 75.9 Å². The number of benzene rings is 1. The van der Waals surface area contributed by atoms with Crippen molar-refractivity contribution < 1.29 is 236 Å². The molecule has 0 bridgehead atoms. The number of aliphatic hydroxyl groups is 3. The summed E-state index contributed by atoms with van der Waals surface area (Å²) in [6, 6.07) is 6.68. The van der Waals surface area contributed by atoms with Crippen molar-refractivity contribution in [3.05, 3.63) is 119 Å². The third kappa shape index (κ3) is 99.9. The fourth-order valence-electron chi connectivity index (χ4n) is 8.82. The Morgan fingerprint density at radius 3 is 1.18 bits per heavy atom. The van der Waals surface area contributed by atoms with E-state index in [1.165, 1.54) is 113 Å². The van der Waals surface area contributed by atoms with E-state index in [1.807, 2.05) is 13.8 Å². The van der Waals surface area contributed by atoms with E-state index in [-0.39, 0.29) is 200 Å². The van der Waals surface area contributed by atoms with E-state index in [2.05, 4.69) is 136 Å². The zero-order valence-electron chi connectivity index (χ0n) is 81.7. The van der Waals surface area contributed by atoms with Crippen LogP contribution in [0.5, 0.6) is 0 Å². The Hall–Kier alpha value is -5.51. The van der Waals surface area contributed by atoms with Gasteiger partial charge in [-0.1, -0.05) is 96.2 Å².